The van der Waals surface area contributed by atoms with E-state index in [0.29, 0.717) is 11.6 Å². The Morgan fingerprint density at radius 2 is 1.95 bits per heavy atom. The second-order valence-corrected chi connectivity index (χ2v) is 7.70. The molecule has 2 nitrogen and oxygen atoms in total. The molecule has 0 aromatic heterocycles. The molecule has 2 atom stereocenters. The summed E-state index contributed by atoms with van der Waals surface area (Å²) in [5, 5.41) is 3.84. The molecular weight excluding hydrogens is 256 g/mol. The Morgan fingerprint density at radius 3 is 2.57 bits per heavy atom. The average Bonchev–Trinajstić information content (AvgIpc) is 3.28. The molecule has 3 rings (SSSR count). The number of benzene rings is 1. The lowest BCUT2D eigenvalue weighted by Crippen LogP contribution is -2.64. The van der Waals surface area contributed by atoms with Crippen molar-refractivity contribution in [1.82, 2.24) is 10.2 Å². The SMILES string of the molecule is CC(C)CC1CN(Cc2ccccc2)C(C)(C2CC2)CN1. The topological polar surface area (TPSA) is 15.3 Å². The van der Waals surface area contributed by atoms with Gasteiger partial charge in [0.1, 0.15) is 0 Å². The number of hydrogen-bond acceptors (Lipinski definition) is 2. The van der Waals surface area contributed by atoms with Crippen LogP contribution in [-0.4, -0.2) is 29.6 Å². The number of hydrogen-bond donors (Lipinski definition) is 1. The Labute approximate surface area is 129 Å². The van der Waals surface area contributed by atoms with E-state index >= 15 is 0 Å². The Balaban J connectivity index is 1.73. The Hall–Kier alpha value is -0.860. The summed E-state index contributed by atoms with van der Waals surface area (Å²) in [5.74, 6) is 1.67. The summed E-state index contributed by atoms with van der Waals surface area (Å²) in [5.41, 5.74) is 1.80. The van der Waals surface area contributed by atoms with Crippen molar-refractivity contribution in [2.45, 2.75) is 58.2 Å². The van der Waals surface area contributed by atoms with Gasteiger partial charge >= 0.3 is 0 Å². The van der Waals surface area contributed by atoms with Gasteiger partial charge in [0.2, 0.25) is 0 Å². The summed E-state index contributed by atoms with van der Waals surface area (Å²) in [4.78, 5) is 2.77. The quantitative estimate of drug-likeness (QED) is 0.888. The minimum absolute atomic E-state index is 0.351. The highest BCUT2D eigenvalue weighted by atomic mass is 15.3. The molecule has 0 spiro atoms. The Kier molecular flexibility index (Phi) is 4.37. The molecule has 2 fully saturated rings. The zero-order chi connectivity index (χ0) is 14.9. The molecule has 2 aliphatic rings. The maximum atomic E-state index is 3.84. The third kappa shape index (κ3) is 3.49. The first-order valence-corrected chi connectivity index (χ1v) is 8.60. The van der Waals surface area contributed by atoms with Gasteiger partial charge < -0.3 is 5.32 Å². The van der Waals surface area contributed by atoms with Crippen LogP contribution < -0.4 is 5.32 Å². The Bertz CT molecular complexity index is 452. The summed E-state index contributed by atoms with van der Waals surface area (Å²) in [6.45, 7) is 10.6. The van der Waals surface area contributed by atoms with Gasteiger partial charge in [-0.15, -0.1) is 0 Å². The fourth-order valence-corrected chi connectivity index (χ4v) is 3.89. The van der Waals surface area contributed by atoms with E-state index in [2.05, 4.69) is 61.3 Å². The highest BCUT2D eigenvalue weighted by Crippen LogP contribution is 2.44. The van der Waals surface area contributed by atoms with Gasteiger partial charge in [0.25, 0.3) is 0 Å². The van der Waals surface area contributed by atoms with Gasteiger partial charge in [-0.1, -0.05) is 44.2 Å². The summed E-state index contributed by atoms with van der Waals surface area (Å²) < 4.78 is 0. The molecule has 1 aliphatic heterocycles. The van der Waals surface area contributed by atoms with Gasteiger partial charge in [0.15, 0.2) is 0 Å². The van der Waals surface area contributed by atoms with Crippen molar-refractivity contribution in [3.63, 3.8) is 0 Å². The molecule has 0 amide bonds. The molecule has 1 aliphatic carbocycles. The van der Waals surface area contributed by atoms with E-state index in [9.17, 15) is 0 Å². The largest absolute Gasteiger partial charge is 0.311 e. The van der Waals surface area contributed by atoms with Crippen molar-refractivity contribution < 1.29 is 0 Å². The van der Waals surface area contributed by atoms with Gasteiger partial charge in [0.05, 0.1) is 0 Å². The van der Waals surface area contributed by atoms with Crippen LogP contribution in [0.15, 0.2) is 30.3 Å². The molecule has 2 heteroatoms. The van der Waals surface area contributed by atoms with Crippen LogP contribution in [0.3, 0.4) is 0 Å². The zero-order valence-corrected chi connectivity index (χ0v) is 13.8. The van der Waals surface area contributed by atoms with Crippen LogP contribution >= 0.6 is 0 Å². The zero-order valence-electron chi connectivity index (χ0n) is 13.8. The van der Waals surface area contributed by atoms with Crippen LogP contribution in [0.5, 0.6) is 0 Å². The molecule has 116 valence electrons. The summed E-state index contributed by atoms with van der Waals surface area (Å²) in [6.07, 6.45) is 4.11. The van der Waals surface area contributed by atoms with Crippen molar-refractivity contribution in [1.29, 1.82) is 0 Å². The highest BCUT2D eigenvalue weighted by Gasteiger charge is 2.48. The van der Waals surface area contributed by atoms with Crippen LogP contribution in [0.4, 0.5) is 0 Å². The van der Waals surface area contributed by atoms with Crippen molar-refractivity contribution >= 4 is 0 Å². The van der Waals surface area contributed by atoms with Crippen molar-refractivity contribution in [3.05, 3.63) is 35.9 Å². The second-order valence-electron chi connectivity index (χ2n) is 7.70. The van der Waals surface area contributed by atoms with Gasteiger partial charge in [-0.05, 0) is 43.6 Å². The van der Waals surface area contributed by atoms with Gasteiger partial charge in [-0.2, -0.15) is 0 Å². The van der Waals surface area contributed by atoms with Crippen LogP contribution in [0.2, 0.25) is 0 Å². The van der Waals surface area contributed by atoms with Crippen molar-refractivity contribution in [2.75, 3.05) is 13.1 Å². The number of piperazine rings is 1. The predicted octanol–water partition coefficient (Wildman–Crippen LogP) is 3.68. The van der Waals surface area contributed by atoms with E-state index in [4.69, 9.17) is 0 Å². The van der Waals surface area contributed by atoms with Crippen molar-refractivity contribution in [3.8, 4) is 0 Å². The van der Waals surface area contributed by atoms with Crippen LogP contribution in [-0.2, 0) is 6.54 Å². The first kappa shape index (κ1) is 15.1. The van der Waals surface area contributed by atoms with Gasteiger partial charge in [-0.3, -0.25) is 4.90 Å². The van der Waals surface area contributed by atoms with Gasteiger partial charge in [-0.25, -0.2) is 0 Å². The second kappa shape index (κ2) is 6.10. The highest BCUT2D eigenvalue weighted by molar-refractivity contribution is 5.16. The fourth-order valence-electron chi connectivity index (χ4n) is 3.89. The molecule has 21 heavy (non-hydrogen) atoms. The van der Waals surface area contributed by atoms with E-state index < -0.39 is 0 Å². The van der Waals surface area contributed by atoms with E-state index in [1.54, 1.807) is 0 Å². The minimum Gasteiger partial charge on any atom is -0.311 e. The predicted molar refractivity (Wildman–Crippen MR) is 89.2 cm³/mol. The Morgan fingerprint density at radius 1 is 1.24 bits per heavy atom. The minimum atomic E-state index is 0.351. The number of nitrogens with zero attached hydrogens (tertiary/aromatic N) is 1. The molecule has 1 N–H and O–H groups in total. The van der Waals surface area contributed by atoms with Crippen LogP contribution in [0, 0.1) is 11.8 Å². The molecule has 1 heterocycles. The van der Waals surface area contributed by atoms with E-state index in [0.717, 1.165) is 24.9 Å². The summed E-state index contributed by atoms with van der Waals surface area (Å²) >= 11 is 0. The average molecular weight is 286 g/mol. The molecule has 1 aromatic carbocycles. The van der Waals surface area contributed by atoms with Crippen LogP contribution in [0.25, 0.3) is 0 Å². The lowest BCUT2D eigenvalue weighted by Gasteiger charge is -2.49. The third-order valence-corrected chi connectivity index (χ3v) is 5.34. The first-order chi connectivity index (χ1) is 10.1. The normalized spacial score (nSPS) is 30.8. The third-order valence-electron chi connectivity index (χ3n) is 5.34. The fraction of sp³-hybridized carbons (Fsp3) is 0.684. The monoisotopic (exact) mass is 286 g/mol. The summed E-state index contributed by atoms with van der Waals surface area (Å²) in [6, 6.07) is 11.6. The smallest absolute Gasteiger partial charge is 0.0338 e. The lowest BCUT2D eigenvalue weighted by molar-refractivity contribution is 0.0238. The molecule has 1 saturated heterocycles. The van der Waals surface area contributed by atoms with Crippen molar-refractivity contribution in [2.24, 2.45) is 11.8 Å². The molecule has 1 saturated carbocycles. The van der Waals surface area contributed by atoms with E-state index in [-0.39, 0.29) is 0 Å². The van der Waals surface area contributed by atoms with Crippen LogP contribution in [0.1, 0.15) is 45.6 Å². The molecule has 0 radical (unpaired) electrons. The standard InChI is InChI=1S/C19H30N2/c1-15(2)11-18-13-21(12-16-7-5-4-6-8-16)19(3,14-20-18)17-9-10-17/h4-8,15,17-18,20H,9-14H2,1-3H3. The maximum Gasteiger partial charge on any atom is 0.0338 e. The summed E-state index contributed by atoms with van der Waals surface area (Å²) in [7, 11) is 0. The lowest BCUT2D eigenvalue weighted by atomic mass is 9.87. The molecular formula is C19H30N2. The molecule has 2 unspecified atom stereocenters. The molecule has 1 aromatic rings. The van der Waals surface area contributed by atoms with E-state index in [1.165, 1.54) is 31.4 Å². The van der Waals surface area contributed by atoms with E-state index in [1.807, 2.05) is 0 Å². The number of rotatable bonds is 5. The molecule has 0 bridgehead atoms. The maximum absolute atomic E-state index is 3.84. The van der Waals surface area contributed by atoms with Gasteiger partial charge in [0, 0.05) is 31.2 Å². The first-order valence-electron chi connectivity index (χ1n) is 8.60. The number of nitrogens with one attached hydrogen (secondary N) is 1.